The van der Waals surface area contributed by atoms with E-state index in [4.69, 9.17) is 20.8 Å². The smallest absolute Gasteiger partial charge is 0.228 e. The summed E-state index contributed by atoms with van der Waals surface area (Å²) in [5.41, 5.74) is 1.17. The number of furan rings is 1. The van der Waals surface area contributed by atoms with E-state index in [2.05, 4.69) is 36.4 Å². The van der Waals surface area contributed by atoms with Gasteiger partial charge in [0.1, 0.15) is 6.17 Å². The van der Waals surface area contributed by atoms with Crippen LogP contribution in [0, 0.1) is 0 Å². The summed E-state index contributed by atoms with van der Waals surface area (Å²) in [7, 11) is 0. The fraction of sp³-hybridized carbons (Fsp3) is 0.462. The summed E-state index contributed by atoms with van der Waals surface area (Å²) in [5.74, 6) is 0.828. The molecule has 0 bridgehead atoms. The fourth-order valence-corrected chi connectivity index (χ4v) is 3.37. The first-order valence-electron chi connectivity index (χ1n) is 6.79. The number of morpholine rings is 1. The van der Waals surface area contributed by atoms with Crippen molar-refractivity contribution in [2.24, 2.45) is 0 Å². The Labute approximate surface area is 134 Å². The lowest BCUT2D eigenvalue weighted by atomic mass is 10.2. The molecule has 2 aromatic heterocycles. The molecule has 0 aromatic carbocycles. The van der Waals surface area contributed by atoms with Gasteiger partial charge in [-0.15, -0.1) is 0 Å². The Morgan fingerprint density at radius 3 is 3.00 bits per heavy atom. The molecule has 0 aliphatic carbocycles. The first-order valence-corrected chi connectivity index (χ1v) is 8.02. The highest BCUT2D eigenvalue weighted by molar-refractivity contribution is 9.10. The van der Waals surface area contributed by atoms with Gasteiger partial charge in [0, 0.05) is 23.8 Å². The molecule has 2 unspecified atom stereocenters. The third-order valence-corrected chi connectivity index (χ3v) is 4.44. The van der Waals surface area contributed by atoms with Gasteiger partial charge >= 0.3 is 0 Å². The normalized spacial score (nSPS) is 26.6. The molecular weight excluding hydrogens is 360 g/mol. The van der Waals surface area contributed by atoms with E-state index in [1.807, 2.05) is 6.07 Å². The van der Waals surface area contributed by atoms with Gasteiger partial charge in [0.15, 0.2) is 11.4 Å². The number of alkyl halides is 1. The summed E-state index contributed by atoms with van der Waals surface area (Å²) in [4.78, 5) is 6.60. The Kier molecular flexibility index (Phi) is 3.55. The van der Waals surface area contributed by atoms with Crippen molar-refractivity contribution >= 4 is 44.3 Å². The molecule has 0 spiro atoms. The van der Waals surface area contributed by atoms with E-state index in [1.54, 1.807) is 6.20 Å². The highest BCUT2D eigenvalue weighted by Crippen LogP contribution is 2.39. The van der Waals surface area contributed by atoms with Gasteiger partial charge in [-0.05, 0) is 22.0 Å². The quantitative estimate of drug-likeness (QED) is 0.591. The molecule has 8 heteroatoms. The molecule has 2 aromatic rings. The van der Waals surface area contributed by atoms with Crippen LogP contribution < -0.4 is 10.6 Å². The second kappa shape index (κ2) is 5.40. The third-order valence-electron chi connectivity index (χ3n) is 3.77. The average molecular weight is 374 g/mol. The number of ether oxygens (including phenoxy) is 1. The molecule has 1 fully saturated rings. The van der Waals surface area contributed by atoms with Crippen LogP contribution in [-0.4, -0.2) is 41.8 Å². The molecule has 2 aliphatic rings. The monoisotopic (exact) mass is 372 g/mol. The lowest BCUT2D eigenvalue weighted by molar-refractivity contribution is 0.00198. The first kappa shape index (κ1) is 13.8. The van der Waals surface area contributed by atoms with Crippen molar-refractivity contribution in [1.29, 1.82) is 0 Å². The van der Waals surface area contributed by atoms with Crippen LogP contribution in [0.3, 0.4) is 0 Å². The second-order valence-corrected chi connectivity index (χ2v) is 6.42. The van der Waals surface area contributed by atoms with Gasteiger partial charge in [-0.25, -0.2) is 4.98 Å². The molecule has 112 valence electrons. The maximum Gasteiger partial charge on any atom is 0.228 e. The Balaban J connectivity index is 1.80. The molecule has 4 rings (SSSR count). The molecule has 0 saturated carbocycles. The Hall–Kier alpha value is -0.860. The number of anilines is 1. The lowest BCUT2D eigenvalue weighted by Crippen LogP contribution is -2.50. The molecule has 6 nitrogen and oxygen atoms in total. The van der Waals surface area contributed by atoms with Gasteiger partial charge in [-0.1, -0.05) is 11.6 Å². The minimum Gasteiger partial charge on any atom is -0.437 e. The van der Waals surface area contributed by atoms with Crippen LogP contribution in [0.1, 0.15) is 11.9 Å². The number of hydrogen-bond donors (Lipinski definition) is 2. The topological polar surface area (TPSA) is 62.6 Å². The Bertz CT molecular complexity index is 673. The fourth-order valence-electron chi connectivity index (χ4n) is 2.81. The number of aromatic nitrogens is 1. The zero-order chi connectivity index (χ0) is 14.4. The van der Waals surface area contributed by atoms with Gasteiger partial charge in [-0.2, -0.15) is 0 Å². The summed E-state index contributed by atoms with van der Waals surface area (Å²) in [6, 6.07) is 1.99. The number of rotatable bonds is 1. The van der Waals surface area contributed by atoms with Crippen molar-refractivity contribution in [3.8, 4) is 0 Å². The number of fused-ring (bicyclic) bond motifs is 3. The van der Waals surface area contributed by atoms with Gasteiger partial charge in [0.05, 0.1) is 24.3 Å². The molecule has 1 saturated heterocycles. The molecule has 0 radical (unpaired) electrons. The van der Waals surface area contributed by atoms with Gasteiger partial charge in [-0.3, -0.25) is 10.2 Å². The van der Waals surface area contributed by atoms with Crippen LogP contribution in [0.2, 0.25) is 0 Å². The van der Waals surface area contributed by atoms with Crippen molar-refractivity contribution in [2.45, 2.75) is 11.8 Å². The van der Waals surface area contributed by atoms with Crippen molar-refractivity contribution in [3.63, 3.8) is 0 Å². The van der Waals surface area contributed by atoms with E-state index in [-0.39, 0.29) is 11.8 Å². The maximum absolute atomic E-state index is 6.30. The van der Waals surface area contributed by atoms with Crippen LogP contribution in [-0.2, 0) is 4.74 Å². The van der Waals surface area contributed by atoms with Crippen LogP contribution in [0.4, 0.5) is 5.69 Å². The molecule has 2 N–H and O–H groups in total. The molecular formula is C13H14BrClN4O2. The largest absolute Gasteiger partial charge is 0.437 e. The Morgan fingerprint density at radius 1 is 1.38 bits per heavy atom. The van der Waals surface area contributed by atoms with E-state index in [0.717, 1.165) is 47.6 Å². The van der Waals surface area contributed by atoms with E-state index in [0.29, 0.717) is 5.71 Å². The second-order valence-electron chi connectivity index (χ2n) is 5.07. The number of nitrogens with zero attached hydrogens (tertiary/aromatic N) is 2. The maximum atomic E-state index is 6.30. The summed E-state index contributed by atoms with van der Waals surface area (Å²) < 4.78 is 12.3. The highest BCUT2D eigenvalue weighted by atomic mass is 79.9. The Morgan fingerprint density at radius 2 is 2.19 bits per heavy atom. The van der Waals surface area contributed by atoms with Crippen LogP contribution in [0.25, 0.3) is 11.1 Å². The van der Waals surface area contributed by atoms with Crippen molar-refractivity contribution in [3.05, 3.63) is 22.5 Å². The zero-order valence-electron chi connectivity index (χ0n) is 11.1. The summed E-state index contributed by atoms with van der Waals surface area (Å²) in [6.45, 7) is 3.12. The van der Waals surface area contributed by atoms with Crippen molar-refractivity contribution < 1.29 is 9.15 Å². The molecule has 21 heavy (non-hydrogen) atoms. The molecule has 2 atom stereocenters. The standard InChI is InChI=1S/C13H14BrClN4O2/c14-7-5-8-9-10(21-12(8)16-6-7)11(18-13(15)17-9)19-1-3-20-4-2-19/h5-6,11,13,17-18H,1-4H2. The predicted molar refractivity (Wildman–Crippen MR) is 83.2 cm³/mol. The van der Waals surface area contributed by atoms with Crippen LogP contribution in [0.5, 0.6) is 0 Å². The summed E-state index contributed by atoms with van der Waals surface area (Å²) in [6.07, 6.45) is 1.66. The van der Waals surface area contributed by atoms with Crippen molar-refractivity contribution in [1.82, 2.24) is 15.2 Å². The number of pyridine rings is 1. The van der Waals surface area contributed by atoms with Crippen LogP contribution in [0.15, 0.2) is 21.2 Å². The SMILES string of the molecule is ClC1Nc2c(oc3ncc(Br)cc23)C(N2CCOCC2)N1. The van der Waals surface area contributed by atoms with E-state index in [9.17, 15) is 0 Å². The number of hydrogen-bond acceptors (Lipinski definition) is 6. The van der Waals surface area contributed by atoms with E-state index < -0.39 is 0 Å². The molecule has 4 heterocycles. The molecule has 0 amide bonds. The zero-order valence-corrected chi connectivity index (χ0v) is 13.4. The molecule has 2 aliphatic heterocycles. The van der Waals surface area contributed by atoms with Gasteiger partial charge in [0.25, 0.3) is 0 Å². The number of nitrogens with one attached hydrogen (secondary N) is 2. The summed E-state index contributed by atoms with van der Waals surface area (Å²) >= 11 is 9.75. The summed E-state index contributed by atoms with van der Waals surface area (Å²) in [5, 5.41) is 7.47. The van der Waals surface area contributed by atoms with E-state index >= 15 is 0 Å². The van der Waals surface area contributed by atoms with Crippen LogP contribution >= 0.6 is 27.5 Å². The lowest BCUT2D eigenvalue weighted by Gasteiger charge is -2.38. The van der Waals surface area contributed by atoms with Gasteiger partial charge in [0.2, 0.25) is 5.71 Å². The minimum absolute atomic E-state index is 0.0689. The van der Waals surface area contributed by atoms with E-state index in [1.165, 1.54) is 0 Å². The number of halogens is 2. The minimum atomic E-state index is -0.356. The average Bonchev–Trinajstić information content (AvgIpc) is 2.85. The third kappa shape index (κ3) is 2.43. The first-order chi connectivity index (χ1) is 10.2. The highest BCUT2D eigenvalue weighted by Gasteiger charge is 2.35. The predicted octanol–water partition coefficient (Wildman–Crippen LogP) is 2.46. The van der Waals surface area contributed by atoms with Crippen molar-refractivity contribution in [2.75, 3.05) is 31.6 Å². The van der Waals surface area contributed by atoms with Gasteiger partial charge < -0.3 is 14.5 Å².